The van der Waals surface area contributed by atoms with Crippen LogP contribution in [0.25, 0.3) is 0 Å². The average molecular weight is 519 g/mol. The van der Waals surface area contributed by atoms with Crippen LogP contribution in [0, 0.1) is 0 Å². The molecule has 0 saturated carbocycles. The summed E-state index contributed by atoms with van der Waals surface area (Å²) in [6.07, 6.45) is 1.44. The van der Waals surface area contributed by atoms with Crippen molar-refractivity contribution in [2.45, 2.75) is 35.3 Å². The molecule has 2 heterocycles. The lowest BCUT2D eigenvalue weighted by Gasteiger charge is -2.15. The van der Waals surface area contributed by atoms with Crippen molar-refractivity contribution in [3.63, 3.8) is 0 Å². The Morgan fingerprint density at radius 3 is 2.88 bits per heavy atom. The van der Waals surface area contributed by atoms with E-state index < -0.39 is 15.9 Å². The highest BCUT2D eigenvalue weighted by Crippen LogP contribution is 2.25. The number of nitrogens with one attached hydrogen (secondary N) is 2. The van der Waals surface area contributed by atoms with Crippen molar-refractivity contribution < 1.29 is 13.5 Å². The Bertz CT molecular complexity index is 617. The maximum absolute atomic E-state index is 12.1. The molecule has 1 aromatic heterocycles. The molecule has 1 fully saturated rings. The molecule has 1 saturated heterocycles. The van der Waals surface area contributed by atoms with Crippen LogP contribution in [-0.2, 0) is 9.84 Å². The van der Waals surface area contributed by atoms with Crippen molar-refractivity contribution in [2.75, 3.05) is 31.1 Å². The monoisotopic (exact) mass is 519 g/mol. The molecule has 144 valence electrons. The molecule has 0 aliphatic carbocycles. The summed E-state index contributed by atoms with van der Waals surface area (Å²) < 4.78 is 24.6. The number of sulfone groups is 1. The van der Waals surface area contributed by atoms with E-state index >= 15 is 0 Å². The number of nitrogens with zero attached hydrogens (tertiary/aromatic N) is 1. The van der Waals surface area contributed by atoms with Crippen LogP contribution in [0.4, 0.5) is 0 Å². The van der Waals surface area contributed by atoms with Crippen molar-refractivity contribution in [1.29, 1.82) is 0 Å². The highest BCUT2D eigenvalue weighted by atomic mass is 127. The first kappa shape index (κ1) is 23.0. The van der Waals surface area contributed by atoms with Gasteiger partial charge in [-0.25, -0.2) is 8.42 Å². The van der Waals surface area contributed by atoms with E-state index in [0.29, 0.717) is 17.8 Å². The van der Waals surface area contributed by atoms with Gasteiger partial charge in [0.25, 0.3) is 0 Å². The molecule has 1 aliphatic heterocycles. The van der Waals surface area contributed by atoms with E-state index in [1.165, 1.54) is 18.6 Å². The Morgan fingerprint density at radius 1 is 1.48 bits per heavy atom. The Balaban J connectivity index is 0.00000312. The number of hydrogen-bond acceptors (Lipinski definition) is 6. The van der Waals surface area contributed by atoms with E-state index in [1.54, 1.807) is 17.5 Å². The molecular weight excluding hydrogens is 493 g/mol. The summed E-state index contributed by atoms with van der Waals surface area (Å²) in [6, 6.07) is 3.25. The summed E-state index contributed by atoms with van der Waals surface area (Å²) in [5.41, 5.74) is 0. The van der Waals surface area contributed by atoms with Gasteiger partial charge in [-0.1, -0.05) is 6.07 Å². The second kappa shape index (κ2) is 11.6. The zero-order chi connectivity index (χ0) is 17.4. The molecule has 10 heteroatoms. The second-order valence-electron chi connectivity index (χ2n) is 5.60. The SMILES string of the molecule is CCNC(=NCC(O)CS(=O)(=O)c1cccs1)NCC1CCCS1.I. The van der Waals surface area contributed by atoms with E-state index in [9.17, 15) is 13.5 Å². The number of rotatable bonds is 8. The van der Waals surface area contributed by atoms with Crippen LogP contribution in [0.3, 0.4) is 0 Å². The lowest BCUT2D eigenvalue weighted by atomic mass is 10.2. The van der Waals surface area contributed by atoms with Gasteiger partial charge < -0.3 is 15.7 Å². The fourth-order valence-corrected chi connectivity index (χ4v) is 6.05. The third-order valence-electron chi connectivity index (χ3n) is 3.54. The van der Waals surface area contributed by atoms with Crippen LogP contribution in [0.1, 0.15) is 19.8 Å². The van der Waals surface area contributed by atoms with E-state index in [-0.39, 0.29) is 40.5 Å². The smallest absolute Gasteiger partial charge is 0.191 e. The first-order valence-corrected chi connectivity index (χ1v) is 11.7. The number of aliphatic hydroxyl groups is 1. The molecule has 2 rings (SSSR count). The van der Waals surface area contributed by atoms with Gasteiger partial charge in [-0.05, 0) is 37.0 Å². The van der Waals surface area contributed by atoms with Gasteiger partial charge in [0.05, 0.1) is 18.4 Å². The number of aliphatic hydroxyl groups excluding tert-OH is 1. The predicted octanol–water partition coefficient (Wildman–Crippen LogP) is 1.95. The summed E-state index contributed by atoms with van der Waals surface area (Å²) in [5.74, 6) is 1.52. The van der Waals surface area contributed by atoms with Crippen molar-refractivity contribution in [2.24, 2.45) is 4.99 Å². The fourth-order valence-electron chi connectivity index (χ4n) is 2.38. The number of guanidine groups is 1. The number of halogens is 1. The summed E-state index contributed by atoms with van der Waals surface area (Å²) in [6.45, 7) is 3.57. The van der Waals surface area contributed by atoms with Crippen molar-refractivity contribution in [3.05, 3.63) is 17.5 Å². The molecule has 0 spiro atoms. The van der Waals surface area contributed by atoms with Crippen LogP contribution in [0.5, 0.6) is 0 Å². The minimum absolute atomic E-state index is 0. The van der Waals surface area contributed by atoms with E-state index in [2.05, 4.69) is 15.6 Å². The van der Waals surface area contributed by atoms with Crippen LogP contribution in [-0.4, -0.2) is 62.0 Å². The quantitative estimate of drug-likeness (QED) is 0.277. The lowest BCUT2D eigenvalue weighted by molar-refractivity contribution is 0.206. The molecule has 3 N–H and O–H groups in total. The minimum Gasteiger partial charge on any atom is -0.390 e. The van der Waals surface area contributed by atoms with Crippen molar-refractivity contribution in [1.82, 2.24) is 10.6 Å². The molecule has 2 atom stereocenters. The minimum atomic E-state index is -3.45. The fraction of sp³-hybridized carbons (Fsp3) is 0.667. The van der Waals surface area contributed by atoms with Gasteiger partial charge >= 0.3 is 0 Å². The molecule has 0 aromatic carbocycles. The normalized spacial score (nSPS) is 19.3. The molecule has 1 aliphatic rings. The summed E-state index contributed by atoms with van der Waals surface area (Å²) >= 11 is 3.13. The topological polar surface area (TPSA) is 90.8 Å². The molecule has 0 bridgehead atoms. The van der Waals surface area contributed by atoms with Crippen LogP contribution in [0.2, 0.25) is 0 Å². The predicted molar refractivity (Wildman–Crippen MR) is 117 cm³/mol. The van der Waals surface area contributed by atoms with Crippen molar-refractivity contribution in [3.8, 4) is 0 Å². The Kier molecular flexibility index (Phi) is 10.7. The van der Waals surface area contributed by atoms with Crippen LogP contribution in [0.15, 0.2) is 26.7 Å². The molecular formula is C15H26IN3O3S3. The first-order chi connectivity index (χ1) is 11.5. The van der Waals surface area contributed by atoms with Crippen molar-refractivity contribution >= 4 is 62.9 Å². The van der Waals surface area contributed by atoms with Gasteiger partial charge in [-0.2, -0.15) is 11.8 Å². The van der Waals surface area contributed by atoms with E-state index in [4.69, 9.17) is 0 Å². The standard InChI is InChI=1S/C15H25N3O3S3.HI/c1-2-16-15(18-10-13-5-3-7-22-13)17-9-12(19)11-24(20,21)14-6-4-8-23-14;/h4,6,8,12-13,19H,2-3,5,7,9-11H2,1H3,(H2,16,17,18);1H. The maximum atomic E-state index is 12.1. The van der Waals surface area contributed by atoms with Crippen LogP contribution < -0.4 is 10.6 Å². The largest absolute Gasteiger partial charge is 0.390 e. The molecule has 2 unspecified atom stereocenters. The molecule has 6 nitrogen and oxygen atoms in total. The van der Waals surface area contributed by atoms with Gasteiger partial charge in [-0.3, -0.25) is 4.99 Å². The Morgan fingerprint density at radius 2 is 2.28 bits per heavy atom. The Labute approximate surface area is 175 Å². The number of thioether (sulfide) groups is 1. The van der Waals surface area contributed by atoms with Gasteiger partial charge in [0.15, 0.2) is 15.8 Å². The van der Waals surface area contributed by atoms with Gasteiger partial charge in [0, 0.05) is 18.3 Å². The third-order valence-corrected chi connectivity index (χ3v) is 8.22. The zero-order valence-electron chi connectivity index (χ0n) is 14.2. The molecule has 0 radical (unpaired) electrons. The van der Waals surface area contributed by atoms with Gasteiger partial charge in [-0.15, -0.1) is 35.3 Å². The average Bonchev–Trinajstić information content (AvgIpc) is 3.22. The zero-order valence-corrected chi connectivity index (χ0v) is 19.0. The molecule has 0 amide bonds. The van der Waals surface area contributed by atoms with Gasteiger partial charge in [0.2, 0.25) is 0 Å². The number of hydrogen-bond donors (Lipinski definition) is 3. The molecule has 25 heavy (non-hydrogen) atoms. The van der Waals surface area contributed by atoms with E-state index in [1.807, 2.05) is 18.7 Å². The van der Waals surface area contributed by atoms with Crippen LogP contribution >= 0.6 is 47.1 Å². The van der Waals surface area contributed by atoms with Gasteiger partial charge in [0.1, 0.15) is 4.21 Å². The summed E-state index contributed by atoms with van der Waals surface area (Å²) in [5, 5.41) is 18.7. The van der Waals surface area contributed by atoms with E-state index in [0.717, 1.165) is 17.9 Å². The summed E-state index contributed by atoms with van der Waals surface area (Å²) in [4.78, 5) is 4.31. The Hall–Kier alpha value is -0.0400. The summed E-state index contributed by atoms with van der Waals surface area (Å²) in [7, 11) is -3.45. The highest BCUT2D eigenvalue weighted by molar-refractivity contribution is 14.0. The highest BCUT2D eigenvalue weighted by Gasteiger charge is 2.21. The number of thiophene rings is 1. The first-order valence-electron chi connectivity index (χ1n) is 8.09. The maximum Gasteiger partial charge on any atom is 0.191 e. The lowest BCUT2D eigenvalue weighted by Crippen LogP contribution is -2.41. The third kappa shape index (κ3) is 8.02. The molecule has 1 aromatic rings. The number of aliphatic imine (C=N–C) groups is 1. The second-order valence-corrected chi connectivity index (χ2v) is 10.2.